The fourth-order valence-corrected chi connectivity index (χ4v) is 1.66. The Balaban J connectivity index is 2.38. The van der Waals surface area contributed by atoms with E-state index in [0.29, 0.717) is 0 Å². The maximum atomic E-state index is 13.6. The van der Waals surface area contributed by atoms with Crippen molar-refractivity contribution >= 4 is 5.78 Å². The average molecular weight is 226 g/mol. The van der Waals surface area contributed by atoms with Crippen molar-refractivity contribution in [2.24, 2.45) is 5.92 Å². The number of aliphatic hydroxyl groups is 1. The first-order chi connectivity index (χ1) is 7.52. The van der Waals surface area contributed by atoms with Crippen LogP contribution in [0.1, 0.15) is 28.8 Å². The van der Waals surface area contributed by atoms with Crippen LogP contribution in [0.5, 0.6) is 0 Å². The van der Waals surface area contributed by atoms with Gasteiger partial charge in [-0.05, 0) is 37.3 Å². The molecule has 86 valence electrons. The van der Waals surface area contributed by atoms with E-state index in [0.717, 1.165) is 18.9 Å². The zero-order chi connectivity index (χ0) is 11.9. The maximum absolute atomic E-state index is 13.6. The zero-order valence-electron chi connectivity index (χ0n) is 8.84. The lowest BCUT2D eigenvalue weighted by Crippen LogP contribution is -2.25. The Kier molecular flexibility index (Phi) is 2.76. The number of Topliss-reactive ketones (excluding diaryl/α,β-unsaturated/α-hetero) is 1. The van der Waals surface area contributed by atoms with Gasteiger partial charge in [0, 0.05) is 0 Å². The standard InChI is InChI=1S/C12H12F2O2/c1-6-2-5-8(13)9(10(6)14)12(16)11(15)7-3-4-7/h2,5,7,11,15H,3-4H2,1H3. The Bertz CT molecular complexity index is 439. The van der Waals surface area contributed by atoms with E-state index in [-0.39, 0.29) is 11.5 Å². The summed E-state index contributed by atoms with van der Waals surface area (Å²) in [6.07, 6.45) is 0.204. The van der Waals surface area contributed by atoms with Crippen LogP contribution in [0.15, 0.2) is 12.1 Å². The van der Waals surface area contributed by atoms with Gasteiger partial charge in [0.05, 0.1) is 5.56 Å². The Morgan fingerprint density at radius 3 is 2.62 bits per heavy atom. The van der Waals surface area contributed by atoms with Gasteiger partial charge in [-0.15, -0.1) is 0 Å². The number of hydrogen-bond donors (Lipinski definition) is 1. The molecule has 1 atom stereocenters. The summed E-state index contributed by atoms with van der Waals surface area (Å²) in [7, 11) is 0. The van der Waals surface area contributed by atoms with Gasteiger partial charge in [0.15, 0.2) is 5.78 Å². The van der Waals surface area contributed by atoms with E-state index in [1.54, 1.807) is 0 Å². The third kappa shape index (κ3) is 1.85. The summed E-state index contributed by atoms with van der Waals surface area (Å²) >= 11 is 0. The van der Waals surface area contributed by atoms with E-state index >= 15 is 0 Å². The van der Waals surface area contributed by atoms with Crippen LogP contribution in [0, 0.1) is 24.5 Å². The van der Waals surface area contributed by atoms with E-state index in [4.69, 9.17) is 0 Å². The quantitative estimate of drug-likeness (QED) is 0.802. The van der Waals surface area contributed by atoms with Crippen LogP contribution in [0.25, 0.3) is 0 Å². The molecule has 0 saturated heterocycles. The van der Waals surface area contributed by atoms with Crippen LogP contribution < -0.4 is 0 Å². The molecular weight excluding hydrogens is 214 g/mol. The van der Waals surface area contributed by atoms with Crippen molar-refractivity contribution in [1.82, 2.24) is 0 Å². The number of aliphatic hydroxyl groups excluding tert-OH is 1. The highest BCUT2D eigenvalue weighted by molar-refractivity contribution is 6.00. The molecule has 2 rings (SSSR count). The second-order valence-corrected chi connectivity index (χ2v) is 4.20. The van der Waals surface area contributed by atoms with Crippen LogP contribution >= 0.6 is 0 Å². The smallest absolute Gasteiger partial charge is 0.197 e. The van der Waals surface area contributed by atoms with Crippen molar-refractivity contribution in [3.63, 3.8) is 0 Å². The van der Waals surface area contributed by atoms with Gasteiger partial charge in [0.2, 0.25) is 0 Å². The van der Waals surface area contributed by atoms with Crippen molar-refractivity contribution in [3.05, 3.63) is 34.9 Å². The van der Waals surface area contributed by atoms with Crippen molar-refractivity contribution in [1.29, 1.82) is 0 Å². The van der Waals surface area contributed by atoms with E-state index < -0.39 is 29.1 Å². The lowest BCUT2D eigenvalue weighted by molar-refractivity contribution is 0.0694. The van der Waals surface area contributed by atoms with Gasteiger partial charge >= 0.3 is 0 Å². The number of halogens is 2. The molecule has 0 bridgehead atoms. The van der Waals surface area contributed by atoms with Crippen LogP contribution in [0.2, 0.25) is 0 Å². The summed E-state index contributed by atoms with van der Waals surface area (Å²) in [5, 5.41) is 9.57. The number of carbonyl (C=O) groups excluding carboxylic acids is 1. The second-order valence-electron chi connectivity index (χ2n) is 4.20. The predicted molar refractivity (Wildman–Crippen MR) is 54.2 cm³/mol. The van der Waals surface area contributed by atoms with Gasteiger partial charge in [0.25, 0.3) is 0 Å². The number of ketones is 1. The number of rotatable bonds is 3. The monoisotopic (exact) mass is 226 g/mol. The number of aryl methyl sites for hydroxylation is 1. The van der Waals surface area contributed by atoms with Crippen molar-refractivity contribution in [2.75, 3.05) is 0 Å². The minimum absolute atomic E-state index is 0.133. The summed E-state index contributed by atoms with van der Waals surface area (Å²) in [5.74, 6) is -2.76. The Labute approximate surface area is 91.9 Å². The Hall–Kier alpha value is -1.29. The topological polar surface area (TPSA) is 37.3 Å². The molecule has 16 heavy (non-hydrogen) atoms. The van der Waals surface area contributed by atoms with Crippen molar-refractivity contribution in [2.45, 2.75) is 25.9 Å². The first-order valence-electron chi connectivity index (χ1n) is 5.19. The van der Waals surface area contributed by atoms with Gasteiger partial charge in [0.1, 0.15) is 17.7 Å². The van der Waals surface area contributed by atoms with E-state index in [1.807, 2.05) is 0 Å². The molecule has 4 heteroatoms. The Morgan fingerprint density at radius 1 is 1.44 bits per heavy atom. The molecule has 0 spiro atoms. The normalized spacial score (nSPS) is 17.2. The first kappa shape index (κ1) is 11.2. The molecule has 2 nitrogen and oxygen atoms in total. The summed E-state index contributed by atoms with van der Waals surface area (Å²) in [6, 6.07) is 2.32. The molecule has 0 heterocycles. The summed E-state index contributed by atoms with van der Waals surface area (Å²) in [5.41, 5.74) is -0.410. The predicted octanol–water partition coefficient (Wildman–Crippen LogP) is 2.23. The molecule has 0 aromatic heterocycles. The molecule has 1 fully saturated rings. The SMILES string of the molecule is Cc1ccc(F)c(C(=O)C(O)C2CC2)c1F. The zero-order valence-corrected chi connectivity index (χ0v) is 8.84. The van der Waals surface area contributed by atoms with Crippen LogP contribution in [0.4, 0.5) is 8.78 Å². The molecule has 1 unspecified atom stereocenters. The highest BCUT2D eigenvalue weighted by Crippen LogP contribution is 2.34. The number of benzene rings is 1. The molecular formula is C12H12F2O2. The fourth-order valence-electron chi connectivity index (χ4n) is 1.66. The molecule has 1 N–H and O–H groups in total. The third-order valence-corrected chi connectivity index (χ3v) is 2.87. The summed E-state index contributed by atoms with van der Waals surface area (Å²) in [4.78, 5) is 11.7. The molecule has 0 radical (unpaired) electrons. The number of carbonyl (C=O) groups is 1. The molecule has 0 aliphatic heterocycles. The highest BCUT2D eigenvalue weighted by atomic mass is 19.1. The molecule has 0 amide bonds. The van der Waals surface area contributed by atoms with Crippen molar-refractivity contribution in [3.8, 4) is 0 Å². The minimum Gasteiger partial charge on any atom is -0.385 e. The molecule has 1 aliphatic rings. The largest absolute Gasteiger partial charge is 0.385 e. The fraction of sp³-hybridized carbons (Fsp3) is 0.417. The van der Waals surface area contributed by atoms with Gasteiger partial charge in [-0.25, -0.2) is 8.78 Å². The third-order valence-electron chi connectivity index (χ3n) is 2.87. The van der Waals surface area contributed by atoms with E-state index in [1.165, 1.54) is 13.0 Å². The molecule has 1 aromatic rings. The van der Waals surface area contributed by atoms with Gasteiger partial charge in [-0.3, -0.25) is 4.79 Å². The lowest BCUT2D eigenvalue weighted by atomic mass is 10.00. The van der Waals surface area contributed by atoms with Crippen LogP contribution in [0.3, 0.4) is 0 Å². The first-order valence-corrected chi connectivity index (χ1v) is 5.19. The second kappa shape index (κ2) is 3.94. The highest BCUT2D eigenvalue weighted by Gasteiger charge is 2.37. The van der Waals surface area contributed by atoms with Crippen LogP contribution in [-0.2, 0) is 0 Å². The summed E-state index contributed by atoms with van der Waals surface area (Å²) < 4.78 is 26.9. The van der Waals surface area contributed by atoms with Crippen molar-refractivity contribution < 1.29 is 18.7 Å². The number of hydrogen-bond acceptors (Lipinski definition) is 2. The van der Waals surface area contributed by atoms with Gasteiger partial charge in [-0.2, -0.15) is 0 Å². The molecule has 1 aliphatic carbocycles. The molecule has 1 saturated carbocycles. The Morgan fingerprint density at radius 2 is 2.06 bits per heavy atom. The minimum atomic E-state index is -1.27. The summed E-state index contributed by atoms with van der Waals surface area (Å²) in [6.45, 7) is 1.45. The maximum Gasteiger partial charge on any atom is 0.197 e. The average Bonchev–Trinajstić information content (AvgIpc) is 3.06. The van der Waals surface area contributed by atoms with Gasteiger partial charge < -0.3 is 5.11 Å². The van der Waals surface area contributed by atoms with E-state index in [2.05, 4.69) is 0 Å². The lowest BCUT2D eigenvalue weighted by Gasteiger charge is -2.10. The van der Waals surface area contributed by atoms with E-state index in [9.17, 15) is 18.7 Å². The van der Waals surface area contributed by atoms with Crippen LogP contribution in [-0.4, -0.2) is 17.0 Å². The molecule has 1 aromatic carbocycles. The van der Waals surface area contributed by atoms with Gasteiger partial charge in [-0.1, -0.05) is 6.07 Å².